The van der Waals surface area contributed by atoms with Gasteiger partial charge in [-0.2, -0.15) is 0 Å². The molecule has 0 spiro atoms. The van der Waals surface area contributed by atoms with Crippen molar-refractivity contribution < 1.29 is 4.42 Å². The van der Waals surface area contributed by atoms with Crippen LogP contribution in [-0.2, 0) is 0 Å². The quantitative estimate of drug-likeness (QED) is 0.466. The molecule has 0 N–H and O–H groups in total. The monoisotopic (exact) mass is 366 g/mol. The van der Waals surface area contributed by atoms with Crippen molar-refractivity contribution >= 4 is 37.7 Å². The van der Waals surface area contributed by atoms with E-state index in [1.165, 1.54) is 0 Å². The zero-order valence-electron chi connectivity index (χ0n) is 12.2. The van der Waals surface area contributed by atoms with Gasteiger partial charge in [0.25, 0.3) is 0 Å². The third-order valence-electron chi connectivity index (χ3n) is 3.70. The first kappa shape index (κ1) is 14.1. The number of nitrogens with zero attached hydrogens (tertiary/aromatic N) is 2. The van der Waals surface area contributed by atoms with E-state index in [-0.39, 0.29) is 5.63 Å². The number of fused-ring (bicyclic) bond motifs is 3. The molecule has 2 aromatic heterocycles. The minimum absolute atomic E-state index is 0.331. The van der Waals surface area contributed by atoms with Gasteiger partial charge < -0.3 is 4.42 Å². The van der Waals surface area contributed by atoms with Gasteiger partial charge in [0.2, 0.25) is 0 Å². The lowest BCUT2D eigenvalue weighted by atomic mass is 10.0. The highest BCUT2D eigenvalue weighted by molar-refractivity contribution is 9.10. The fourth-order valence-corrected chi connectivity index (χ4v) is 2.96. The number of hydrogen-bond donors (Lipinski definition) is 0. The lowest BCUT2D eigenvalue weighted by molar-refractivity contribution is 0.467. The Hall–Kier alpha value is -2.53. The lowest BCUT2D eigenvalue weighted by Gasteiger charge is -2.08. The number of pyridine rings is 1. The molecule has 5 heteroatoms. The Morgan fingerprint density at radius 2 is 1.74 bits per heavy atom. The number of para-hydroxylation sites is 1. The van der Waals surface area contributed by atoms with E-state index in [0.29, 0.717) is 22.5 Å². The molecule has 0 aliphatic rings. The molecule has 23 heavy (non-hydrogen) atoms. The standard InChI is InChI=1S/C18H11BrN2O2/c1-10-20-17-15(18(22)23-10)13-4-2-3-5-14(13)21-16(17)11-6-8-12(19)9-7-11/h2-9H,1H3. The maximum Gasteiger partial charge on any atom is 0.347 e. The largest absolute Gasteiger partial charge is 0.408 e. The smallest absolute Gasteiger partial charge is 0.347 e. The molecule has 4 rings (SSSR count). The van der Waals surface area contributed by atoms with E-state index in [1.807, 2.05) is 48.5 Å². The van der Waals surface area contributed by atoms with Crippen LogP contribution in [0, 0.1) is 6.92 Å². The predicted molar refractivity (Wildman–Crippen MR) is 93.5 cm³/mol. The van der Waals surface area contributed by atoms with Crippen molar-refractivity contribution in [2.24, 2.45) is 0 Å². The number of aryl methyl sites for hydroxylation is 1. The van der Waals surface area contributed by atoms with Crippen LogP contribution in [-0.4, -0.2) is 9.97 Å². The van der Waals surface area contributed by atoms with Crippen LogP contribution in [0.5, 0.6) is 0 Å². The minimum atomic E-state index is -0.385. The van der Waals surface area contributed by atoms with Crippen molar-refractivity contribution in [2.45, 2.75) is 6.92 Å². The molecule has 2 heterocycles. The summed E-state index contributed by atoms with van der Waals surface area (Å²) in [4.78, 5) is 21.6. The second-order valence-corrected chi connectivity index (χ2v) is 6.14. The highest BCUT2D eigenvalue weighted by Crippen LogP contribution is 2.30. The van der Waals surface area contributed by atoms with E-state index < -0.39 is 0 Å². The van der Waals surface area contributed by atoms with Gasteiger partial charge in [-0.25, -0.2) is 14.8 Å². The average molecular weight is 367 g/mol. The highest BCUT2D eigenvalue weighted by Gasteiger charge is 2.15. The molecule has 0 unspecified atom stereocenters. The van der Waals surface area contributed by atoms with Crippen LogP contribution in [0.25, 0.3) is 33.1 Å². The maximum atomic E-state index is 12.4. The van der Waals surface area contributed by atoms with Crippen LogP contribution in [0.2, 0.25) is 0 Å². The number of aromatic nitrogens is 2. The zero-order valence-corrected chi connectivity index (χ0v) is 13.8. The van der Waals surface area contributed by atoms with Gasteiger partial charge >= 0.3 is 5.63 Å². The fourth-order valence-electron chi connectivity index (χ4n) is 2.69. The van der Waals surface area contributed by atoms with E-state index in [4.69, 9.17) is 9.40 Å². The summed E-state index contributed by atoms with van der Waals surface area (Å²) in [5.41, 5.74) is 2.52. The summed E-state index contributed by atoms with van der Waals surface area (Å²) < 4.78 is 6.19. The summed E-state index contributed by atoms with van der Waals surface area (Å²) in [5.74, 6) is 0.331. The Balaban J connectivity index is 2.22. The number of rotatable bonds is 1. The summed E-state index contributed by atoms with van der Waals surface area (Å²) in [6.45, 7) is 1.67. The first-order valence-corrected chi connectivity index (χ1v) is 7.89. The molecule has 0 bridgehead atoms. The molecule has 4 nitrogen and oxygen atoms in total. The molecular formula is C18H11BrN2O2. The van der Waals surface area contributed by atoms with Crippen LogP contribution in [0.1, 0.15) is 5.89 Å². The lowest BCUT2D eigenvalue weighted by Crippen LogP contribution is -2.06. The fraction of sp³-hybridized carbons (Fsp3) is 0.0556. The molecule has 0 saturated heterocycles. The maximum absolute atomic E-state index is 12.4. The summed E-state index contributed by atoms with van der Waals surface area (Å²) in [5, 5.41) is 1.23. The Bertz CT molecular complexity index is 1100. The van der Waals surface area contributed by atoms with Crippen molar-refractivity contribution in [3.05, 3.63) is 69.3 Å². The first-order valence-electron chi connectivity index (χ1n) is 7.09. The molecule has 0 radical (unpaired) electrons. The zero-order chi connectivity index (χ0) is 16.0. The van der Waals surface area contributed by atoms with Gasteiger partial charge in [-0.3, -0.25) is 0 Å². The van der Waals surface area contributed by atoms with E-state index in [9.17, 15) is 4.79 Å². The van der Waals surface area contributed by atoms with Crippen LogP contribution >= 0.6 is 15.9 Å². The number of halogens is 1. The van der Waals surface area contributed by atoms with Gasteiger partial charge in [-0.05, 0) is 18.2 Å². The van der Waals surface area contributed by atoms with Gasteiger partial charge in [0.15, 0.2) is 5.89 Å². The van der Waals surface area contributed by atoms with Crippen molar-refractivity contribution in [1.29, 1.82) is 0 Å². The van der Waals surface area contributed by atoms with E-state index in [2.05, 4.69) is 20.9 Å². The molecule has 0 amide bonds. The van der Waals surface area contributed by atoms with Gasteiger partial charge in [0.05, 0.1) is 16.6 Å². The SMILES string of the molecule is Cc1nc2c(-c3ccc(Br)cc3)nc3ccccc3c2c(=O)o1. The van der Waals surface area contributed by atoms with E-state index in [0.717, 1.165) is 20.9 Å². The average Bonchev–Trinajstić information content (AvgIpc) is 2.54. The second-order valence-electron chi connectivity index (χ2n) is 5.23. The predicted octanol–water partition coefficient (Wildman–Crippen LogP) is 4.47. The van der Waals surface area contributed by atoms with Crippen molar-refractivity contribution in [3.8, 4) is 11.3 Å². The van der Waals surface area contributed by atoms with E-state index >= 15 is 0 Å². The highest BCUT2D eigenvalue weighted by atomic mass is 79.9. The van der Waals surface area contributed by atoms with Crippen molar-refractivity contribution in [3.63, 3.8) is 0 Å². The molecule has 2 aromatic carbocycles. The summed E-state index contributed by atoms with van der Waals surface area (Å²) >= 11 is 3.43. The van der Waals surface area contributed by atoms with Crippen LogP contribution in [0.15, 0.2) is 62.2 Å². The molecule has 0 aliphatic carbocycles. The van der Waals surface area contributed by atoms with Gasteiger partial charge in [0, 0.05) is 22.3 Å². The Morgan fingerprint density at radius 1 is 1.00 bits per heavy atom. The van der Waals surface area contributed by atoms with Crippen LogP contribution < -0.4 is 5.63 Å². The molecular weight excluding hydrogens is 356 g/mol. The van der Waals surface area contributed by atoms with E-state index in [1.54, 1.807) is 6.92 Å². The van der Waals surface area contributed by atoms with Crippen LogP contribution in [0.4, 0.5) is 0 Å². The summed E-state index contributed by atoms with van der Waals surface area (Å²) in [6.07, 6.45) is 0. The Morgan fingerprint density at radius 3 is 2.52 bits per heavy atom. The molecule has 112 valence electrons. The van der Waals surface area contributed by atoms with Gasteiger partial charge in [-0.1, -0.05) is 46.3 Å². The third kappa shape index (κ3) is 2.33. The first-order chi connectivity index (χ1) is 11.1. The van der Waals surface area contributed by atoms with Crippen LogP contribution in [0.3, 0.4) is 0 Å². The Labute approximate surface area is 139 Å². The van der Waals surface area contributed by atoms with Gasteiger partial charge in [-0.15, -0.1) is 0 Å². The molecule has 0 aliphatic heterocycles. The molecule has 0 saturated carbocycles. The third-order valence-corrected chi connectivity index (χ3v) is 4.23. The van der Waals surface area contributed by atoms with Crippen molar-refractivity contribution in [1.82, 2.24) is 9.97 Å². The van der Waals surface area contributed by atoms with Crippen molar-refractivity contribution in [2.75, 3.05) is 0 Å². The molecule has 0 fully saturated rings. The molecule has 0 atom stereocenters. The topological polar surface area (TPSA) is 56.0 Å². The normalized spacial score (nSPS) is 11.2. The minimum Gasteiger partial charge on any atom is -0.408 e. The Kier molecular flexibility index (Phi) is 3.23. The second kappa shape index (κ2) is 5.28. The molecule has 4 aromatic rings. The van der Waals surface area contributed by atoms with Gasteiger partial charge in [0.1, 0.15) is 5.52 Å². The number of hydrogen-bond acceptors (Lipinski definition) is 4. The summed E-state index contributed by atoms with van der Waals surface area (Å²) in [7, 11) is 0. The number of benzene rings is 2. The summed E-state index contributed by atoms with van der Waals surface area (Å²) in [6, 6.07) is 15.3.